The molecule has 1 aliphatic carbocycles. The topological polar surface area (TPSA) is 20.3 Å². The highest BCUT2D eigenvalue weighted by Crippen LogP contribution is 2.48. The Hall–Kier alpha value is -1.13. The van der Waals surface area contributed by atoms with E-state index in [-0.39, 0.29) is 12.0 Å². The van der Waals surface area contributed by atoms with Crippen molar-refractivity contribution in [1.82, 2.24) is 0 Å². The lowest BCUT2D eigenvalue weighted by molar-refractivity contribution is -0.128. The number of anilines is 1. The Bertz CT molecular complexity index is 726. The number of benzene rings is 2. The highest BCUT2D eigenvalue weighted by Gasteiger charge is 2.47. The highest BCUT2D eigenvalue weighted by molar-refractivity contribution is 9.10. The third kappa shape index (κ3) is 2.76. The number of nitrogens with zero attached hydrogens (tertiary/aromatic N) is 1. The van der Waals surface area contributed by atoms with Gasteiger partial charge in [-0.2, -0.15) is 0 Å². The molecule has 2 bridgehead atoms. The van der Waals surface area contributed by atoms with Crippen molar-refractivity contribution < 1.29 is 4.79 Å². The number of Topliss-reactive ketones (excluding diaryl/α,β-unsaturated/α-hetero) is 1. The van der Waals surface area contributed by atoms with E-state index in [1.54, 1.807) is 0 Å². The molecule has 3 atom stereocenters. The third-order valence-electron chi connectivity index (χ3n) is 5.07. The molecule has 1 unspecified atom stereocenters. The minimum atomic E-state index is 0.116. The van der Waals surface area contributed by atoms with Crippen molar-refractivity contribution in [3.05, 3.63) is 63.0 Å². The van der Waals surface area contributed by atoms with Crippen LogP contribution in [0.4, 0.5) is 5.69 Å². The van der Waals surface area contributed by atoms with Crippen LogP contribution in [-0.2, 0) is 4.79 Å². The number of halogens is 2. The SMILES string of the molecule is O=C1C[C@@H]2CC[C@H]1C(c1ccc(Br)cc1)N2c1ccc(Br)cc1. The fourth-order valence-electron chi connectivity index (χ4n) is 4.05. The Balaban J connectivity index is 1.79. The molecule has 1 saturated carbocycles. The van der Waals surface area contributed by atoms with Crippen molar-refractivity contribution in [2.45, 2.75) is 31.3 Å². The fourth-order valence-corrected chi connectivity index (χ4v) is 4.58. The van der Waals surface area contributed by atoms with Gasteiger partial charge in [0.1, 0.15) is 5.78 Å². The summed E-state index contributed by atoms with van der Waals surface area (Å²) in [4.78, 5) is 15.0. The minimum absolute atomic E-state index is 0.116. The van der Waals surface area contributed by atoms with E-state index in [0.29, 0.717) is 18.2 Å². The summed E-state index contributed by atoms with van der Waals surface area (Å²) in [5.74, 6) is 0.548. The van der Waals surface area contributed by atoms with Crippen molar-refractivity contribution in [2.75, 3.05) is 4.90 Å². The van der Waals surface area contributed by atoms with Crippen LogP contribution in [0.1, 0.15) is 30.9 Å². The van der Waals surface area contributed by atoms with Crippen LogP contribution in [0, 0.1) is 5.92 Å². The first-order chi connectivity index (χ1) is 11.1. The normalized spacial score (nSPS) is 26.6. The zero-order valence-corrected chi connectivity index (χ0v) is 15.8. The predicted molar refractivity (Wildman–Crippen MR) is 99.6 cm³/mol. The third-order valence-corrected chi connectivity index (χ3v) is 6.13. The van der Waals surface area contributed by atoms with Gasteiger partial charge in [-0.3, -0.25) is 4.79 Å². The summed E-state index contributed by atoms with van der Waals surface area (Å²) in [6.07, 6.45) is 2.81. The zero-order chi connectivity index (χ0) is 16.0. The molecule has 23 heavy (non-hydrogen) atoms. The number of rotatable bonds is 2. The van der Waals surface area contributed by atoms with Gasteiger partial charge in [-0.25, -0.2) is 0 Å². The van der Waals surface area contributed by atoms with Crippen molar-refractivity contribution in [3.8, 4) is 0 Å². The average Bonchev–Trinajstić information content (AvgIpc) is 2.56. The van der Waals surface area contributed by atoms with Crippen LogP contribution in [0.15, 0.2) is 57.5 Å². The van der Waals surface area contributed by atoms with E-state index in [0.717, 1.165) is 21.8 Å². The second-order valence-corrected chi connectivity index (χ2v) is 8.22. The zero-order valence-electron chi connectivity index (χ0n) is 12.6. The minimum Gasteiger partial charge on any atom is -0.360 e. The largest absolute Gasteiger partial charge is 0.360 e. The van der Waals surface area contributed by atoms with Gasteiger partial charge >= 0.3 is 0 Å². The van der Waals surface area contributed by atoms with Crippen LogP contribution in [0.25, 0.3) is 0 Å². The quantitative estimate of drug-likeness (QED) is 0.620. The smallest absolute Gasteiger partial charge is 0.140 e. The van der Waals surface area contributed by atoms with Gasteiger partial charge in [-0.05, 0) is 54.8 Å². The lowest BCUT2D eigenvalue weighted by atomic mass is 9.71. The molecule has 0 aromatic heterocycles. The molecular formula is C19H17Br2NO. The van der Waals surface area contributed by atoms with E-state index in [1.165, 1.54) is 11.3 Å². The van der Waals surface area contributed by atoms with Gasteiger partial charge in [-0.1, -0.05) is 44.0 Å². The Morgan fingerprint density at radius 3 is 2.09 bits per heavy atom. The number of ketones is 1. The molecule has 3 fully saturated rings. The maximum Gasteiger partial charge on any atom is 0.140 e. The first-order valence-electron chi connectivity index (χ1n) is 7.95. The van der Waals surface area contributed by atoms with Gasteiger partial charge in [-0.15, -0.1) is 0 Å². The molecule has 4 heteroatoms. The van der Waals surface area contributed by atoms with Crippen LogP contribution in [0.3, 0.4) is 0 Å². The van der Waals surface area contributed by atoms with Crippen LogP contribution < -0.4 is 4.90 Å². The van der Waals surface area contributed by atoms with Gasteiger partial charge in [0.15, 0.2) is 0 Å². The molecule has 2 heterocycles. The summed E-state index contributed by atoms with van der Waals surface area (Å²) in [5, 5.41) is 0. The molecule has 2 aromatic carbocycles. The Morgan fingerprint density at radius 2 is 1.48 bits per heavy atom. The second-order valence-electron chi connectivity index (χ2n) is 6.39. The molecule has 2 nitrogen and oxygen atoms in total. The van der Waals surface area contributed by atoms with Gasteiger partial charge in [0.25, 0.3) is 0 Å². The maximum atomic E-state index is 12.5. The van der Waals surface area contributed by atoms with E-state index in [4.69, 9.17) is 0 Å². The van der Waals surface area contributed by atoms with Crippen LogP contribution in [0.5, 0.6) is 0 Å². The lowest BCUT2D eigenvalue weighted by Gasteiger charge is -2.52. The standard InChI is InChI=1S/C19H17Br2NO/c20-13-3-1-12(2-4-13)19-17-10-9-16(11-18(17)23)22(19)15-7-5-14(21)6-8-15/h1-8,16-17,19H,9-11H2/t16-,17+,19?/m0/s1. The second kappa shape index (κ2) is 6.06. The number of carbonyl (C=O) groups is 1. The summed E-state index contributed by atoms with van der Waals surface area (Å²) < 4.78 is 2.16. The fraction of sp³-hybridized carbons (Fsp3) is 0.316. The summed E-state index contributed by atoms with van der Waals surface area (Å²) in [6.45, 7) is 0. The first-order valence-corrected chi connectivity index (χ1v) is 9.54. The number of hydrogen-bond acceptors (Lipinski definition) is 2. The maximum absolute atomic E-state index is 12.5. The lowest BCUT2D eigenvalue weighted by Crippen LogP contribution is -2.54. The molecule has 2 aliphatic heterocycles. The molecule has 0 spiro atoms. The van der Waals surface area contributed by atoms with Crippen molar-refractivity contribution in [2.24, 2.45) is 5.92 Å². The number of piperidine rings is 2. The molecular weight excluding hydrogens is 418 g/mol. The highest BCUT2D eigenvalue weighted by atomic mass is 79.9. The molecule has 118 valence electrons. The van der Waals surface area contributed by atoms with Crippen LogP contribution in [-0.4, -0.2) is 11.8 Å². The summed E-state index contributed by atoms with van der Waals surface area (Å²) >= 11 is 7.01. The Kier molecular flexibility index (Phi) is 4.06. The Labute approximate surface area is 153 Å². The van der Waals surface area contributed by atoms with Crippen molar-refractivity contribution in [3.63, 3.8) is 0 Å². The molecule has 3 aliphatic rings. The summed E-state index contributed by atoms with van der Waals surface area (Å²) in [5.41, 5.74) is 2.45. The van der Waals surface area contributed by atoms with E-state index < -0.39 is 0 Å². The van der Waals surface area contributed by atoms with Crippen molar-refractivity contribution >= 4 is 43.3 Å². The van der Waals surface area contributed by atoms with E-state index >= 15 is 0 Å². The number of hydrogen-bond donors (Lipinski definition) is 0. The summed E-state index contributed by atoms with van der Waals surface area (Å²) in [7, 11) is 0. The Morgan fingerprint density at radius 1 is 0.870 bits per heavy atom. The summed E-state index contributed by atoms with van der Waals surface area (Å²) in [6, 6.07) is 17.4. The number of fused-ring (bicyclic) bond motifs is 3. The molecule has 5 rings (SSSR count). The van der Waals surface area contributed by atoms with E-state index in [2.05, 4.69) is 85.3 Å². The molecule has 2 aromatic rings. The van der Waals surface area contributed by atoms with Crippen LogP contribution in [0.2, 0.25) is 0 Å². The molecule has 0 amide bonds. The number of carbonyl (C=O) groups excluding carboxylic acids is 1. The molecule has 0 N–H and O–H groups in total. The van der Waals surface area contributed by atoms with E-state index in [1.807, 2.05) is 0 Å². The van der Waals surface area contributed by atoms with E-state index in [9.17, 15) is 4.79 Å². The van der Waals surface area contributed by atoms with Gasteiger partial charge < -0.3 is 4.90 Å². The first kappa shape index (κ1) is 15.4. The van der Waals surface area contributed by atoms with Crippen LogP contribution >= 0.6 is 31.9 Å². The molecule has 0 radical (unpaired) electrons. The van der Waals surface area contributed by atoms with Gasteiger partial charge in [0.05, 0.1) is 6.04 Å². The van der Waals surface area contributed by atoms with Gasteiger partial charge in [0.2, 0.25) is 0 Å². The predicted octanol–water partition coefficient (Wildman–Crippen LogP) is 5.51. The molecule has 2 saturated heterocycles. The van der Waals surface area contributed by atoms with Gasteiger partial charge in [0, 0.05) is 33.0 Å². The van der Waals surface area contributed by atoms with Crippen molar-refractivity contribution in [1.29, 1.82) is 0 Å². The monoisotopic (exact) mass is 433 g/mol. The average molecular weight is 435 g/mol.